The molecule has 0 fully saturated rings. The Bertz CT molecular complexity index is 424. The van der Waals surface area contributed by atoms with E-state index in [0.717, 1.165) is 5.66 Å². The van der Waals surface area contributed by atoms with E-state index >= 15 is 0 Å². The van der Waals surface area contributed by atoms with Gasteiger partial charge in [-0.15, -0.1) is 0 Å². The Hall–Kier alpha value is 0.910. The van der Waals surface area contributed by atoms with Gasteiger partial charge in [0.15, 0.2) is 0 Å². The van der Waals surface area contributed by atoms with Crippen LogP contribution in [0.3, 0.4) is 0 Å². The average molecular weight is 592 g/mol. The van der Waals surface area contributed by atoms with Gasteiger partial charge in [0.05, 0.1) is 0 Å². The van der Waals surface area contributed by atoms with Crippen molar-refractivity contribution in [1.29, 1.82) is 0 Å². The summed E-state index contributed by atoms with van der Waals surface area (Å²) in [5, 5.41) is -1.80. The molecule has 36 heavy (non-hydrogen) atoms. The molecule has 0 bridgehead atoms. The van der Waals surface area contributed by atoms with Crippen LogP contribution in [0.2, 0.25) is 0 Å². The van der Waals surface area contributed by atoms with Gasteiger partial charge in [0.25, 0.3) is 0 Å². The van der Waals surface area contributed by atoms with Crippen molar-refractivity contribution in [3.63, 3.8) is 0 Å². The van der Waals surface area contributed by atoms with Gasteiger partial charge in [-0.25, -0.2) is 0 Å². The molecule has 0 aliphatic carbocycles. The molecule has 0 N–H and O–H groups in total. The second-order valence-corrected chi connectivity index (χ2v) is 23.6. The molecule has 0 nitrogen and oxygen atoms in total. The Morgan fingerprint density at radius 3 is 0.972 bits per heavy atom. The molecule has 0 aromatic heterocycles. The zero-order valence-electron chi connectivity index (χ0n) is 26.2. The van der Waals surface area contributed by atoms with Gasteiger partial charge < -0.3 is 0 Å². The standard InChI is InChI=1S/C34H72BrP/c1-6-11-15-16-17-18-19-20-21-22-23-24-25-26-27-28-30-34(29-10-5)36(35,31-12-7-2,32-13-8-3)33-14-9-4/h34H,6-33H2,1-5H3. The maximum atomic E-state index is 4.74. The summed E-state index contributed by atoms with van der Waals surface area (Å²) < 4.78 is 0. The van der Waals surface area contributed by atoms with E-state index in [1.807, 2.05) is 0 Å². The van der Waals surface area contributed by atoms with Crippen molar-refractivity contribution in [3.05, 3.63) is 0 Å². The summed E-state index contributed by atoms with van der Waals surface area (Å²) in [7, 11) is 0. The third-order valence-corrected chi connectivity index (χ3v) is 20.4. The second kappa shape index (κ2) is 24.9. The monoisotopic (exact) mass is 590 g/mol. The average Bonchev–Trinajstić information content (AvgIpc) is 2.89. The van der Waals surface area contributed by atoms with Crippen LogP contribution < -0.4 is 0 Å². The van der Waals surface area contributed by atoms with Crippen LogP contribution in [0.15, 0.2) is 0 Å². The molecule has 0 aromatic carbocycles. The van der Waals surface area contributed by atoms with Gasteiger partial charge in [0.2, 0.25) is 0 Å². The fourth-order valence-corrected chi connectivity index (χ4v) is 16.7. The molecular weight excluding hydrogens is 519 g/mol. The van der Waals surface area contributed by atoms with Gasteiger partial charge >= 0.3 is 195 Å². The molecule has 0 saturated carbocycles. The first kappa shape index (κ1) is 36.9. The van der Waals surface area contributed by atoms with Crippen LogP contribution in [0.4, 0.5) is 0 Å². The third kappa shape index (κ3) is 17.5. The van der Waals surface area contributed by atoms with Gasteiger partial charge in [0, 0.05) is 0 Å². The van der Waals surface area contributed by atoms with Gasteiger partial charge in [-0.3, -0.25) is 0 Å². The summed E-state index contributed by atoms with van der Waals surface area (Å²) in [6.07, 6.45) is 40.9. The van der Waals surface area contributed by atoms with Crippen molar-refractivity contribution in [2.24, 2.45) is 0 Å². The van der Waals surface area contributed by atoms with Crippen molar-refractivity contribution in [2.75, 3.05) is 18.5 Å². The van der Waals surface area contributed by atoms with E-state index in [4.69, 9.17) is 15.5 Å². The molecule has 0 aliphatic rings. The molecule has 0 aromatic rings. The zero-order chi connectivity index (χ0) is 26.8. The fraction of sp³-hybridized carbons (Fsp3) is 1.00. The molecule has 0 aliphatic heterocycles. The zero-order valence-corrected chi connectivity index (χ0v) is 28.7. The number of hydrogen-bond acceptors (Lipinski definition) is 0. The molecule has 0 rings (SSSR count). The molecule has 0 amide bonds. The van der Waals surface area contributed by atoms with Crippen molar-refractivity contribution in [1.82, 2.24) is 0 Å². The van der Waals surface area contributed by atoms with Gasteiger partial charge in [-0.2, -0.15) is 0 Å². The molecule has 1 atom stereocenters. The minimum atomic E-state index is -1.80. The predicted octanol–water partition coefficient (Wildman–Crippen LogP) is 14.1. The Balaban J connectivity index is 4.28. The second-order valence-electron chi connectivity index (χ2n) is 12.4. The van der Waals surface area contributed by atoms with E-state index < -0.39 is 5.31 Å². The molecule has 0 radical (unpaired) electrons. The fourth-order valence-electron chi connectivity index (χ4n) is 6.53. The molecule has 0 heterocycles. The van der Waals surface area contributed by atoms with E-state index in [9.17, 15) is 0 Å². The Morgan fingerprint density at radius 2 is 0.667 bits per heavy atom. The Morgan fingerprint density at radius 1 is 0.361 bits per heavy atom. The van der Waals surface area contributed by atoms with Crippen molar-refractivity contribution in [2.45, 2.75) is 201 Å². The summed E-state index contributed by atoms with van der Waals surface area (Å²) in [6.45, 7) is 12.0. The molecule has 220 valence electrons. The van der Waals surface area contributed by atoms with Crippen LogP contribution in [-0.2, 0) is 0 Å². The summed E-state index contributed by atoms with van der Waals surface area (Å²) in [5.41, 5.74) is 0.984. The van der Waals surface area contributed by atoms with E-state index in [-0.39, 0.29) is 0 Å². The van der Waals surface area contributed by atoms with Crippen molar-refractivity contribution < 1.29 is 0 Å². The van der Waals surface area contributed by atoms with Crippen LogP contribution in [-0.4, -0.2) is 24.1 Å². The molecule has 2 heteroatoms. The Labute approximate surface area is 239 Å². The quantitative estimate of drug-likeness (QED) is 0.0599. The number of hydrogen-bond donors (Lipinski definition) is 0. The number of rotatable bonds is 29. The van der Waals surface area contributed by atoms with Crippen LogP contribution in [0.25, 0.3) is 0 Å². The van der Waals surface area contributed by atoms with Gasteiger partial charge in [-0.1, -0.05) is 45.4 Å². The number of halogens is 1. The third-order valence-electron chi connectivity index (χ3n) is 9.05. The van der Waals surface area contributed by atoms with Gasteiger partial charge in [0.1, 0.15) is 0 Å². The summed E-state index contributed by atoms with van der Waals surface area (Å²) in [5.74, 6) is 0. The normalized spacial score (nSPS) is 14.1. The summed E-state index contributed by atoms with van der Waals surface area (Å²) in [4.78, 5) is 0. The first-order chi connectivity index (χ1) is 17.5. The minimum absolute atomic E-state index is 0.984. The van der Waals surface area contributed by atoms with E-state index in [1.165, 1.54) is 179 Å². The first-order valence-electron chi connectivity index (χ1n) is 17.2. The van der Waals surface area contributed by atoms with Crippen LogP contribution in [0, 0.1) is 0 Å². The predicted molar refractivity (Wildman–Crippen MR) is 178 cm³/mol. The van der Waals surface area contributed by atoms with Crippen molar-refractivity contribution >= 4 is 20.8 Å². The van der Waals surface area contributed by atoms with Crippen LogP contribution in [0.1, 0.15) is 195 Å². The molecule has 0 saturated heterocycles. The Kier molecular flexibility index (Phi) is 25.5. The van der Waals surface area contributed by atoms with E-state index in [0.29, 0.717) is 0 Å². The van der Waals surface area contributed by atoms with Crippen LogP contribution in [0.5, 0.6) is 0 Å². The first-order valence-corrected chi connectivity index (χ1v) is 22.1. The van der Waals surface area contributed by atoms with Gasteiger partial charge in [-0.05, 0) is 0 Å². The maximum absolute atomic E-state index is 4.74. The SMILES string of the molecule is CCCCCCCCCCCCCCCCCCC(CCC)P(Br)(CCCC)(CCCC)CCCC. The summed E-state index contributed by atoms with van der Waals surface area (Å²) in [6, 6.07) is 0. The van der Waals surface area contributed by atoms with E-state index in [2.05, 4.69) is 34.6 Å². The summed E-state index contributed by atoms with van der Waals surface area (Å²) >= 11 is 4.74. The van der Waals surface area contributed by atoms with Crippen molar-refractivity contribution in [3.8, 4) is 0 Å². The van der Waals surface area contributed by atoms with Crippen LogP contribution >= 0.6 is 20.8 Å². The molecule has 1 unspecified atom stereocenters. The topological polar surface area (TPSA) is 0 Å². The number of unbranched alkanes of at least 4 members (excludes halogenated alkanes) is 18. The molecular formula is C34H72BrP. The van der Waals surface area contributed by atoms with E-state index in [1.54, 1.807) is 0 Å². The molecule has 0 spiro atoms.